The molecule has 1 spiro atoms. The highest BCUT2D eigenvalue weighted by atomic mass is 19.4. The molecule has 11 heteroatoms. The van der Waals surface area contributed by atoms with Crippen molar-refractivity contribution in [3.05, 3.63) is 78.0 Å². The van der Waals surface area contributed by atoms with Crippen LogP contribution in [0.3, 0.4) is 0 Å². The van der Waals surface area contributed by atoms with Gasteiger partial charge in [0.05, 0.1) is 12.1 Å². The summed E-state index contributed by atoms with van der Waals surface area (Å²) < 4.78 is 46.5. The number of carbonyl (C=O) groups is 1. The molecule has 1 amide bonds. The van der Waals surface area contributed by atoms with Crippen LogP contribution in [0.15, 0.2) is 66.9 Å². The summed E-state index contributed by atoms with van der Waals surface area (Å²) in [5.41, 5.74) is 1.65. The van der Waals surface area contributed by atoms with Crippen LogP contribution in [0, 0.1) is 0 Å². The smallest absolute Gasteiger partial charge is 0.416 e. The number of likely N-dealkylation sites (tertiary alicyclic amines) is 1. The number of amides is 1. The van der Waals surface area contributed by atoms with Crippen molar-refractivity contribution in [3.63, 3.8) is 0 Å². The molecular weight excluding hydrogens is 525 g/mol. The Kier molecular flexibility index (Phi) is 8.56. The zero-order valence-corrected chi connectivity index (χ0v) is 22.1. The number of benzene rings is 2. The SMILES string of the molecule is CN(C)c1ccc(-c2ccc(C(F)(F)F)cc2CN2CCC3(CC2)CN(c2ccccc2)C(=O)O3)cn1.O=C=O. The van der Waals surface area contributed by atoms with Gasteiger partial charge in [0.15, 0.2) is 0 Å². The molecule has 0 bridgehead atoms. The van der Waals surface area contributed by atoms with Crippen molar-refractivity contribution in [2.75, 3.05) is 43.5 Å². The van der Waals surface area contributed by atoms with Crippen LogP contribution in [0.2, 0.25) is 0 Å². The quantitative estimate of drug-likeness (QED) is 0.427. The number of para-hydroxylation sites is 1. The zero-order valence-electron chi connectivity index (χ0n) is 22.1. The average Bonchev–Trinajstić information content (AvgIpc) is 3.26. The minimum absolute atomic E-state index is 0.250. The Morgan fingerprint density at radius 1 is 1.02 bits per heavy atom. The molecule has 2 aromatic carbocycles. The Morgan fingerprint density at radius 3 is 2.27 bits per heavy atom. The normalized spacial score (nSPS) is 16.6. The van der Waals surface area contributed by atoms with Crippen molar-refractivity contribution in [3.8, 4) is 11.1 Å². The molecule has 8 nitrogen and oxygen atoms in total. The topological polar surface area (TPSA) is 83.0 Å². The first-order valence-corrected chi connectivity index (χ1v) is 12.7. The van der Waals surface area contributed by atoms with Crippen LogP contribution in [0.4, 0.5) is 29.5 Å². The van der Waals surface area contributed by atoms with Crippen molar-refractivity contribution in [1.82, 2.24) is 9.88 Å². The van der Waals surface area contributed by atoms with Crippen LogP contribution in [-0.4, -0.2) is 61.5 Å². The van der Waals surface area contributed by atoms with Crippen LogP contribution in [0.5, 0.6) is 0 Å². The van der Waals surface area contributed by atoms with Crippen molar-refractivity contribution in [1.29, 1.82) is 0 Å². The Hall–Kier alpha value is -4.21. The number of anilines is 2. The summed E-state index contributed by atoms with van der Waals surface area (Å²) in [6.45, 7) is 2.07. The molecule has 0 atom stereocenters. The fourth-order valence-corrected chi connectivity index (χ4v) is 5.04. The summed E-state index contributed by atoms with van der Waals surface area (Å²) in [7, 11) is 3.77. The van der Waals surface area contributed by atoms with Crippen molar-refractivity contribution in [2.24, 2.45) is 0 Å². The Morgan fingerprint density at radius 2 is 1.70 bits per heavy atom. The van der Waals surface area contributed by atoms with E-state index in [1.54, 1.807) is 11.1 Å². The first-order valence-electron chi connectivity index (χ1n) is 12.7. The highest BCUT2D eigenvalue weighted by Gasteiger charge is 2.47. The van der Waals surface area contributed by atoms with Crippen LogP contribution < -0.4 is 9.80 Å². The number of alkyl halides is 3. The molecule has 40 heavy (non-hydrogen) atoms. The minimum Gasteiger partial charge on any atom is -0.441 e. The first kappa shape index (κ1) is 28.8. The first-order chi connectivity index (χ1) is 19.0. The number of halogens is 3. The molecule has 0 saturated carbocycles. The second-order valence-electron chi connectivity index (χ2n) is 10.0. The molecular formula is C29H29F3N4O4. The zero-order chi connectivity index (χ0) is 28.9. The molecule has 2 aliphatic rings. The number of nitrogens with zero attached hydrogens (tertiary/aromatic N) is 4. The van der Waals surface area contributed by atoms with E-state index in [2.05, 4.69) is 9.88 Å². The molecule has 2 fully saturated rings. The van der Waals surface area contributed by atoms with E-state index >= 15 is 0 Å². The lowest BCUT2D eigenvalue weighted by Gasteiger charge is -2.37. The third kappa shape index (κ3) is 6.50. The van der Waals surface area contributed by atoms with Gasteiger partial charge in [-0.3, -0.25) is 9.80 Å². The van der Waals surface area contributed by atoms with Crippen LogP contribution in [0.25, 0.3) is 11.1 Å². The highest BCUT2D eigenvalue weighted by molar-refractivity contribution is 5.90. The summed E-state index contributed by atoms with van der Waals surface area (Å²) in [5, 5.41) is 0. The van der Waals surface area contributed by atoms with Gasteiger partial charge in [-0.25, -0.2) is 9.78 Å². The van der Waals surface area contributed by atoms with Crippen molar-refractivity contribution < 1.29 is 32.3 Å². The molecule has 3 aromatic rings. The Balaban J connectivity index is 0.00000118. The fourth-order valence-electron chi connectivity index (χ4n) is 5.04. The summed E-state index contributed by atoms with van der Waals surface area (Å²) in [6, 6.07) is 17.1. The molecule has 0 unspecified atom stereocenters. The number of aromatic nitrogens is 1. The molecule has 1 aromatic heterocycles. The maximum Gasteiger partial charge on any atom is 0.416 e. The lowest BCUT2D eigenvalue weighted by Crippen LogP contribution is -2.46. The standard InChI is InChI=1S/C28H29F3N4O2.CO2/c1-33(2)25-11-8-20(17-32-25)24-10-9-22(28(29,30)31)16-21(24)18-34-14-12-27(13-15-34)19-35(26(36)37-27)23-6-4-3-5-7-23;2-1-3/h3-11,16-17H,12-15,18-19H2,1-2H3;. The van der Waals surface area contributed by atoms with Gasteiger partial charge >= 0.3 is 18.4 Å². The number of hydrogen-bond donors (Lipinski definition) is 0. The van der Waals surface area contributed by atoms with E-state index in [1.807, 2.05) is 61.5 Å². The third-order valence-electron chi connectivity index (χ3n) is 7.15. The Labute approximate surface area is 230 Å². The third-order valence-corrected chi connectivity index (χ3v) is 7.15. The van der Waals surface area contributed by atoms with Gasteiger partial charge in [-0.15, -0.1) is 0 Å². The molecule has 3 heterocycles. The van der Waals surface area contributed by atoms with E-state index in [0.717, 1.165) is 28.7 Å². The maximum absolute atomic E-state index is 13.6. The lowest BCUT2D eigenvalue weighted by atomic mass is 9.90. The highest BCUT2D eigenvalue weighted by Crippen LogP contribution is 2.38. The molecule has 5 rings (SSSR count). The van der Waals surface area contributed by atoms with Gasteiger partial charge in [-0.1, -0.05) is 24.3 Å². The van der Waals surface area contributed by atoms with Crippen LogP contribution in [-0.2, 0) is 27.0 Å². The molecule has 2 saturated heterocycles. The summed E-state index contributed by atoms with van der Waals surface area (Å²) in [5.74, 6) is 0.772. The van der Waals surface area contributed by atoms with Crippen LogP contribution >= 0.6 is 0 Å². The van der Waals surface area contributed by atoms with Gasteiger partial charge in [0.1, 0.15) is 11.4 Å². The van der Waals surface area contributed by atoms with E-state index in [4.69, 9.17) is 14.3 Å². The second-order valence-corrected chi connectivity index (χ2v) is 10.0. The number of rotatable bonds is 5. The van der Waals surface area contributed by atoms with Gasteiger partial charge in [-0.2, -0.15) is 22.8 Å². The van der Waals surface area contributed by atoms with E-state index in [9.17, 15) is 18.0 Å². The van der Waals surface area contributed by atoms with Crippen LogP contribution in [0.1, 0.15) is 24.0 Å². The predicted molar refractivity (Wildman–Crippen MR) is 142 cm³/mol. The van der Waals surface area contributed by atoms with E-state index < -0.39 is 17.3 Å². The van der Waals surface area contributed by atoms with Gasteiger partial charge < -0.3 is 9.64 Å². The molecule has 0 N–H and O–H groups in total. The van der Waals surface area contributed by atoms with E-state index in [1.165, 1.54) is 12.1 Å². The molecule has 0 radical (unpaired) electrons. The van der Waals surface area contributed by atoms with Crippen molar-refractivity contribution >= 4 is 23.7 Å². The van der Waals surface area contributed by atoms with Gasteiger partial charge in [0, 0.05) is 64.0 Å². The largest absolute Gasteiger partial charge is 0.441 e. The average molecular weight is 555 g/mol. The summed E-state index contributed by atoms with van der Waals surface area (Å²) in [4.78, 5) is 38.9. The van der Waals surface area contributed by atoms with Crippen molar-refractivity contribution in [2.45, 2.75) is 31.2 Å². The molecule has 210 valence electrons. The Bertz CT molecular complexity index is 1350. The maximum atomic E-state index is 13.6. The lowest BCUT2D eigenvalue weighted by molar-refractivity contribution is -0.191. The van der Waals surface area contributed by atoms with Gasteiger partial charge in [0.2, 0.25) is 0 Å². The van der Waals surface area contributed by atoms with E-state index in [-0.39, 0.29) is 12.2 Å². The predicted octanol–water partition coefficient (Wildman–Crippen LogP) is 5.24. The number of ether oxygens (including phenoxy) is 1. The monoisotopic (exact) mass is 554 g/mol. The van der Waals surface area contributed by atoms with Gasteiger partial charge in [-0.05, 0) is 47.5 Å². The number of carbonyl (C=O) groups excluding carboxylic acids is 3. The van der Waals surface area contributed by atoms with Gasteiger partial charge in [0.25, 0.3) is 0 Å². The summed E-state index contributed by atoms with van der Waals surface area (Å²) >= 11 is 0. The minimum atomic E-state index is -4.43. The number of pyridine rings is 1. The summed E-state index contributed by atoms with van der Waals surface area (Å²) in [6.07, 6.45) is -1.59. The molecule has 0 aliphatic carbocycles. The molecule has 2 aliphatic heterocycles. The second kappa shape index (κ2) is 11.9. The van der Waals surface area contributed by atoms with E-state index in [0.29, 0.717) is 44.6 Å². The number of piperidine rings is 1. The fraction of sp³-hybridized carbons (Fsp3) is 0.345. The number of hydrogen-bond acceptors (Lipinski definition) is 7.